The molecule has 0 aromatic heterocycles. The first kappa shape index (κ1) is 19.4. The number of piperidine rings is 1. The normalized spacial score (nSPS) is 20.5. The molecule has 0 atom stereocenters. The van der Waals surface area contributed by atoms with Crippen LogP contribution in [0.3, 0.4) is 0 Å². The lowest BCUT2D eigenvalue weighted by atomic mass is 9.83. The van der Waals surface area contributed by atoms with Crippen molar-refractivity contribution in [3.05, 3.63) is 47.5 Å². The number of sulfonamides is 1. The maximum atomic E-state index is 13.2. The van der Waals surface area contributed by atoms with Crippen molar-refractivity contribution in [2.75, 3.05) is 26.3 Å². The standard InChI is InChI=1S/C22H23NO6S/c1-15-2-4-19-17(12-15)18(24)14-22(29-19)6-8-23(9-7-22)30(25,26)16-3-5-20-21(13-16)28-11-10-27-20/h2-5,12-13H,6-11,14H2,1H3. The molecule has 0 saturated carbocycles. The largest absolute Gasteiger partial charge is 0.486 e. The summed E-state index contributed by atoms with van der Waals surface area (Å²) in [5.74, 6) is 1.66. The van der Waals surface area contributed by atoms with Crippen LogP contribution in [0, 0.1) is 6.92 Å². The van der Waals surface area contributed by atoms with Gasteiger partial charge in [0.1, 0.15) is 24.6 Å². The zero-order valence-corrected chi connectivity index (χ0v) is 17.5. The van der Waals surface area contributed by atoms with Crippen molar-refractivity contribution in [1.82, 2.24) is 4.31 Å². The molecule has 3 heterocycles. The second kappa shape index (κ2) is 6.99. The van der Waals surface area contributed by atoms with E-state index in [0.717, 1.165) is 5.56 Å². The van der Waals surface area contributed by atoms with Gasteiger partial charge in [0.05, 0.1) is 16.9 Å². The predicted molar refractivity (Wildman–Crippen MR) is 109 cm³/mol. The molecule has 0 aliphatic carbocycles. The van der Waals surface area contributed by atoms with Gasteiger partial charge in [-0.3, -0.25) is 4.79 Å². The molecule has 1 spiro atoms. The minimum absolute atomic E-state index is 0.0584. The number of nitrogens with zero attached hydrogens (tertiary/aromatic N) is 1. The van der Waals surface area contributed by atoms with Gasteiger partial charge in [-0.05, 0) is 31.2 Å². The molecule has 0 amide bonds. The maximum Gasteiger partial charge on any atom is 0.243 e. The van der Waals surface area contributed by atoms with Gasteiger partial charge in [-0.1, -0.05) is 11.6 Å². The minimum Gasteiger partial charge on any atom is -0.486 e. The van der Waals surface area contributed by atoms with E-state index in [9.17, 15) is 13.2 Å². The summed E-state index contributed by atoms with van der Waals surface area (Å²) in [6, 6.07) is 10.3. The highest BCUT2D eigenvalue weighted by Gasteiger charge is 2.45. The highest BCUT2D eigenvalue weighted by atomic mass is 32.2. The van der Waals surface area contributed by atoms with E-state index in [1.165, 1.54) is 10.4 Å². The number of carbonyl (C=O) groups excluding carboxylic acids is 1. The summed E-state index contributed by atoms with van der Waals surface area (Å²) < 4.78 is 45.0. The quantitative estimate of drug-likeness (QED) is 0.730. The number of hydrogen-bond acceptors (Lipinski definition) is 6. The van der Waals surface area contributed by atoms with Crippen LogP contribution in [0.25, 0.3) is 0 Å². The fourth-order valence-electron chi connectivity index (χ4n) is 4.35. The number of carbonyl (C=O) groups is 1. The van der Waals surface area contributed by atoms with Gasteiger partial charge in [0.15, 0.2) is 17.3 Å². The zero-order valence-electron chi connectivity index (χ0n) is 16.7. The number of Topliss-reactive ketones (excluding diaryl/α,β-unsaturated/α-hetero) is 1. The second-order valence-corrected chi connectivity index (χ2v) is 10.0. The van der Waals surface area contributed by atoms with Crippen molar-refractivity contribution in [1.29, 1.82) is 0 Å². The summed E-state index contributed by atoms with van der Waals surface area (Å²) in [7, 11) is -3.67. The van der Waals surface area contributed by atoms with Gasteiger partial charge in [0, 0.05) is 32.0 Å². The average Bonchev–Trinajstić information content (AvgIpc) is 2.74. The molecule has 8 heteroatoms. The molecule has 0 unspecified atom stereocenters. The monoisotopic (exact) mass is 429 g/mol. The van der Waals surface area contributed by atoms with E-state index in [2.05, 4.69) is 0 Å². The molecule has 0 bridgehead atoms. The van der Waals surface area contributed by atoms with Crippen LogP contribution in [-0.2, 0) is 10.0 Å². The molecular formula is C22H23NO6S. The van der Waals surface area contributed by atoms with Crippen LogP contribution in [-0.4, -0.2) is 50.4 Å². The molecule has 1 fully saturated rings. The van der Waals surface area contributed by atoms with Crippen molar-refractivity contribution in [3.8, 4) is 17.2 Å². The van der Waals surface area contributed by atoms with E-state index in [4.69, 9.17) is 14.2 Å². The number of rotatable bonds is 2. The number of fused-ring (bicyclic) bond motifs is 2. The topological polar surface area (TPSA) is 82.1 Å². The Hall–Kier alpha value is -2.58. The summed E-state index contributed by atoms with van der Waals surface area (Å²) in [6.07, 6.45) is 1.22. The Bertz CT molecular complexity index is 1120. The lowest BCUT2D eigenvalue weighted by molar-refractivity contribution is 0.00588. The Morgan fingerprint density at radius 1 is 0.933 bits per heavy atom. The Morgan fingerprint density at radius 2 is 1.63 bits per heavy atom. The van der Waals surface area contributed by atoms with Crippen LogP contribution in [0.4, 0.5) is 0 Å². The molecule has 0 radical (unpaired) electrons. The number of ether oxygens (including phenoxy) is 3. The molecule has 30 heavy (non-hydrogen) atoms. The van der Waals surface area contributed by atoms with Crippen LogP contribution in [0.5, 0.6) is 17.2 Å². The van der Waals surface area contributed by atoms with Crippen molar-refractivity contribution >= 4 is 15.8 Å². The fourth-order valence-corrected chi connectivity index (χ4v) is 5.81. The first-order chi connectivity index (χ1) is 14.4. The molecule has 0 N–H and O–H groups in total. The lowest BCUT2D eigenvalue weighted by Gasteiger charge is -2.43. The molecule has 7 nitrogen and oxygen atoms in total. The summed E-state index contributed by atoms with van der Waals surface area (Å²) >= 11 is 0. The van der Waals surface area contributed by atoms with E-state index >= 15 is 0 Å². The second-order valence-electron chi connectivity index (χ2n) is 8.09. The molecule has 2 aromatic carbocycles. The highest BCUT2D eigenvalue weighted by molar-refractivity contribution is 7.89. The molecule has 3 aliphatic rings. The van der Waals surface area contributed by atoms with Gasteiger partial charge in [-0.15, -0.1) is 0 Å². The summed E-state index contributed by atoms with van der Waals surface area (Å²) in [6.45, 7) is 3.39. The van der Waals surface area contributed by atoms with E-state index in [1.807, 2.05) is 25.1 Å². The number of hydrogen-bond donors (Lipinski definition) is 0. The third kappa shape index (κ3) is 3.24. The van der Waals surface area contributed by atoms with Crippen molar-refractivity contribution in [2.24, 2.45) is 0 Å². The van der Waals surface area contributed by atoms with Crippen molar-refractivity contribution < 1.29 is 27.4 Å². The number of aryl methyl sites for hydroxylation is 1. The predicted octanol–water partition coefficient (Wildman–Crippen LogP) is 2.95. The van der Waals surface area contributed by atoms with Crippen molar-refractivity contribution in [3.63, 3.8) is 0 Å². The fraction of sp³-hybridized carbons (Fsp3) is 0.409. The molecule has 5 rings (SSSR count). The third-order valence-electron chi connectivity index (χ3n) is 6.03. The summed E-state index contributed by atoms with van der Waals surface area (Å²) in [5, 5.41) is 0. The lowest BCUT2D eigenvalue weighted by Crippen LogP contribution is -2.52. The average molecular weight is 429 g/mol. The van der Waals surface area contributed by atoms with Gasteiger partial charge >= 0.3 is 0 Å². The Balaban J connectivity index is 1.34. The maximum absolute atomic E-state index is 13.2. The molecule has 158 valence electrons. The first-order valence-corrected chi connectivity index (χ1v) is 11.5. The van der Waals surface area contributed by atoms with Crippen LogP contribution in [0.15, 0.2) is 41.3 Å². The van der Waals surface area contributed by atoms with Crippen molar-refractivity contribution in [2.45, 2.75) is 36.7 Å². The van der Waals surface area contributed by atoms with E-state index < -0.39 is 15.6 Å². The smallest absolute Gasteiger partial charge is 0.243 e. The first-order valence-electron chi connectivity index (χ1n) is 10.1. The van der Waals surface area contributed by atoms with Gasteiger partial charge in [0.2, 0.25) is 10.0 Å². The Kier molecular flexibility index (Phi) is 4.52. The SMILES string of the molecule is Cc1ccc2c(c1)C(=O)CC1(CCN(S(=O)(=O)c3ccc4c(c3)OCCO4)CC1)O2. The van der Waals surface area contributed by atoms with Crippen LogP contribution < -0.4 is 14.2 Å². The van der Waals surface area contributed by atoms with Gasteiger partial charge < -0.3 is 14.2 Å². The third-order valence-corrected chi connectivity index (χ3v) is 7.92. The molecular weight excluding hydrogens is 406 g/mol. The molecule has 1 saturated heterocycles. The van der Waals surface area contributed by atoms with Crippen LogP contribution >= 0.6 is 0 Å². The zero-order chi connectivity index (χ0) is 20.9. The minimum atomic E-state index is -3.67. The Morgan fingerprint density at radius 3 is 2.40 bits per heavy atom. The van der Waals surface area contributed by atoms with Crippen LogP contribution in [0.2, 0.25) is 0 Å². The van der Waals surface area contributed by atoms with E-state index in [-0.39, 0.29) is 17.1 Å². The summed E-state index contributed by atoms with van der Waals surface area (Å²) in [5.41, 5.74) is 0.993. The Labute approximate surface area is 175 Å². The van der Waals surface area contributed by atoms with Gasteiger partial charge in [0.25, 0.3) is 0 Å². The molecule has 2 aromatic rings. The van der Waals surface area contributed by atoms with Crippen LogP contribution in [0.1, 0.15) is 35.2 Å². The molecule has 3 aliphatic heterocycles. The number of benzene rings is 2. The van der Waals surface area contributed by atoms with Gasteiger partial charge in [-0.2, -0.15) is 4.31 Å². The van der Waals surface area contributed by atoms with E-state index in [0.29, 0.717) is 62.0 Å². The number of ketones is 1. The summed E-state index contributed by atoms with van der Waals surface area (Å²) in [4.78, 5) is 12.9. The van der Waals surface area contributed by atoms with Gasteiger partial charge in [-0.25, -0.2) is 8.42 Å². The highest BCUT2D eigenvalue weighted by Crippen LogP contribution is 2.41. The van der Waals surface area contributed by atoms with E-state index in [1.54, 1.807) is 12.1 Å².